The van der Waals surface area contributed by atoms with E-state index >= 15 is 0 Å². The quantitative estimate of drug-likeness (QED) is 0.721. The molecule has 0 N–H and O–H groups in total. The van der Waals surface area contributed by atoms with Crippen molar-refractivity contribution in [3.05, 3.63) is 35.5 Å². The maximum Gasteiger partial charge on any atom is 0.0482 e. The zero-order valence-corrected chi connectivity index (χ0v) is 10.7. The molecule has 1 nitrogen and oxygen atoms in total. The Morgan fingerprint density at radius 2 is 1.88 bits per heavy atom. The molecule has 1 aromatic heterocycles. The first-order chi connectivity index (χ1) is 7.66. The summed E-state index contributed by atoms with van der Waals surface area (Å²) < 4.78 is 2.37. The molecule has 0 aliphatic heterocycles. The van der Waals surface area contributed by atoms with Crippen LogP contribution in [0, 0.1) is 0 Å². The van der Waals surface area contributed by atoms with E-state index in [9.17, 15) is 0 Å². The lowest BCUT2D eigenvalue weighted by Gasteiger charge is -2.10. The van der Waals surface area contributed by atoms with E-state index in [2.05, 4.69) is 56.7 Å². The van der Waals surface area contributed by atoms with Crippen LogP contribution >= 0.6 is 0 Å². The second-order valence-electron chi connectivity index (χ2n) is 4.84. The first-order valence-corrected chi connectivity index (χ1v) is 6.23. The van der Waals surface area contributed by atoms with Crippen LogP contribution in [-0.4, -0.2) is 4.57 Å². The Hall–Kier alpha value is -1.24. The van der Waals surface area contributed by atoms with Crippen LogP contribution < -0.4 is 0 Å². The van der Waals surface area contributed by atoms with Crippen molar-refractivity contribution in [3.63, 3.8) is 0 Å². The third-order valence-electron chi connectivity index (χ3n) is 3.31. The Morgan fingerprint density at radius 3 is 2.50 bits per heavy atom. The first kappa shape index (κ1) is 11.3. The summed E-state index contributed by atoms with van der Waals surface area (Å²) in [5.41, 5.74) is 4.42. The minimum Gasteiger partial charge on any atom is -0.347 e. The summed E-state index contributed by atoms with van der Waals surface area (Å²) >= 11 is 0. The van der Waals surface area contributed by atoms with Gasteiger partial charge in [0.15, 0.2) is 0 Å². The highest BCUT2D eigenvalue weighted by Gasteiger charge is 2.15. The summed E-state index contributed by atoms with van der Waals surface area (Å²) in [4.78, 5) is 0. The average Bonchev–Trinajstić information content (AvgIpc) is 2.54. The third kappa shape index (κ3) is 1.64. The van der Waals surface area contributed by atoms with Gasteiger partial charge in [-0.25, -0.2) is 0 Å². The van der Waals surface area contributed by atoms with Crippen molar-refractivity contribution in [1.82, 2.24) is 4.57 Å². The predicted octanol–water partition coefficient (Wildman–Crippen LogP) is 4.25. The number of nitrogens with zero attached hydrogens (tertiary/aromatic N) is 1. The molecule has 0 bridgehead atoms. The molecule has 0 saturated carbocycles. The zero-order chi connectivity index (χ0) is 11.7. The monoisotopic (exact) mass is 215 g/mol. The normalized spacial score (nSPS) is 11.6. The lowest BCUT2D eigenvalue weighted by atomic mass is 10.00. The number of hydrogen-bond donors (Lipinski definition) is 0. The Bertz CT molecular complexity index is 491. The van der Waals surface area contributed by atoms with Crippen LogP contribution in [0.3, 0.4) is 0 Å². The van der Waals surface area contributed by atoms with Gasteiger partial charge < -0.3 is 4.57 Å². The number of para-hydroxylation sites is 1. The zero-order valence-electron chi connectivity index (χ0n) is 10.7. The minimum atomic E-state index is 0.596. The molecule has 1 heterocycles. The van der Waals surface area contributed by atoms with E-state index in [4.69, 9.17) is 0 Å². The SMILES string of the molecule is CCCc1c(C(C)C)n(C)c2ccccc12. The fourth-order valence-electron chi connectivity index (χ4n) is 2.74. The number of aryl methyl sites for hydroxylation is 2. The minimum absolute atomic E-state index is 0.596. The van der Waals surface area contributed by atoms with Gasteiger partial charge >= 0.3 is 0 Å². The lowest BCUT2D eigenvalue weighted by Crippen LogP contribution is -2.01. The standard InChI is InChI=1S/C15H21N/c1-5-8-13-12-9-6-7-10-14(12)16(4)15(13)11(2)3/h6-7,9-11H,5,8H2,1-4H3. The van der Waals surface area contributed by atoms with Crippen molar-refractivity contribution >= 4 is 10.9 Å². The highest BCUT2D eigenvalue weighted by atomic mass is 15.0. The van der Waals surface area contributed by atoms with Gasteiger partial charge in [-0.3, -0.25) is 0 Å². The Kier molecular flexibility index (Phi) is 3.04. The maximum absolute atomic E-state index is 2.37. The highest BCUT2D eigenvalue weighted by molar-refractivity contribution is 5.85. The molecule has 0 atom stereocenters. The summed E-state index contributed by atoms with van der Waals surface area (Å²) in [6.07, 6.45) is 2.41. The van der Waals surface area contributed by atoms with Crippen LogP contribution in [0.1, 0.15) is 44.4 Å². The van der Waals surface area contributed by atoms with Crippen LogP contribution in [0.15, 0.2) is 24.3 Å². The summed E-state index contributed by atoms with van der Waals surface area (Å²) in [7, 11) is 2.19. The van der Waals surface area contributed by atoms with E-state index in [1.807, 2.05) is 0 Å². The molecule has 0 saturated heterocycles. The van der Waals surface area contributed by atoms with Crippen molar-refractivity contribution in [2.24, 2.45) is 7.05 Å². The summed E-state index contributed by atoms with van der Waals surface area (Å²) in [5, 5.41) is 1.44. The van der Waals surface area contributed by atoms with Gasteiger partial charge in [0, 0.05) is 23.6 Å². The van der Waals surface area contributed by atoms with Crippen molar-refractivity contribution < 1.29 is 0 Å². The number of aromatic nitrogens is 1. The van der Waals surface area contributed by atoms with Gasteiger partial charge in [0.1, 0.15) is 0 Å². The molecule has 0 fully saturated rings. The Balaban J connectivity index is 2.75. The van der Waals surface area contributed by atoms with E-state index < -0.39 is 0 Å². The summed E-state index contributed by atoms with van der Waals surface area (Å²) in [5.74, 6) is 0.596. The van der Waals surface area contributed by atoms with Crippen LogP contribution in [0.25, 0.3) is 10.9 Å². The fourth-order valence-corrected chi connectivity index (χ4v) is 2.74. The average molecular weight is 215 g/mol. The van der Waals surface area contributed by atoms with Crippen LogP contribution in [0.2, 0.25) is 0 Å². The molecule has 86 valence electrons. The van der Waals surface area contributed by atoms with Gasteiger partial charge in [-0.15, -0.1) is 0 Å². The van der Waals surface area contributed by atoms with E-state index in [-0.39, 0.29) is 0 Å². The number of fused-ring (bicyclic) bond motifs is 1. The highest BCUT2D eigenvalue weighted by Crippen LogP contribution is 2.31. The maximum atomic E-state index is 2.37. The largest absolute Gasteiger partial charge is 0.347 e. The molecule has 2 aromatic rings. The molecular weight excluding hydrogens is 194 g/mol. The van der Waals surface area contributed by atoms with Crippen LogP contribution in [-0.2, 0) is 13.5 Å². The molecule has 0 aliphatic rings. The molecule has 0 spiro atoms. The van der Waals surface area contributed by atoms with Crippen molar-refractivity contribution in [1.29, 1.82) is 0 Å². The van der Waals surface area contributed by atoms with Crippen molar-refractivity contribution in [2.75, 3.05) is 0 Å². The Morgan fingerprint density at radius 1 is 1.19 bits per heavy atom. The summed E-state index contributed by atoms with van der Waals surface area (Å²) in [6.45, 7) is 6.83. The van der Waals surface area contributed by atoms with Crippen molar-refractivity contribution in [2.45, 2.75) is 39.5 Å². The third-order valence-corrected chi connectivity index (χ3v) is 3.31. The molecular formula is C15H21N. The van der Waals surface area contributed by atoms with E-state index in [1.165, 1.54) is 29.4 Å². The topological polar surface area (TPSA) is 4.93 Å². The van der Waals surface area contributed by atoms with Crippen molar-refractivity contribution in [3.8, 4) is 0 Å². The molecule has 16 heavy (non-hydrogen) atoms. The molecule has 2 rings (SSSR count). The second kappa shape index (κ2) is 4.32. The number of benzene rings is 1. The molecule has 0 aliphatic carbocycles. The fraction of sp³-hybridized carbons (Fsp3) is 0.467. The number of hydrogen-bond acceptors (Lipinski definition) is 0. The molecule has 0 radical (unpaired) electrons. The van der Waals surface area contributed by atoms with E-state index in [1.54, 1.807) is 5.56 Å². The van der Waals surface area contributed by atoms with E-state index in [0.29, 0.717) is 5.92 Å². The van der Waals surface area contributed by atoms with Gasteiger partial charge in [0.05, 0.1) is 0 Å². The van der Waals surface area contributed by atoms with Crippen LogP contribution in [0.5, 0.6) is 0 Å². The van der Waals surface area contributed by atoms with E-state index in [0.717, 1.165) is 0 Å². The van der Waals surface area contributed by atoms with Gasteiger partial charge in [-0.2, -0.15) is 0 Å². The van der Waals surface area contributed by atoms with Gasteiger partial charge in [0.25, 0.3) is 0 Å². The van der Waals surface area contributed by atoms with Gasteiger partial charge in [0.2, 0.25) is 0 Å². The smallest absolute Gasteiger partial charge is 0.0482 e. The van der Waals surface area contributed by atoms with Gasteiger partial charge in [-0.05, 0) is 24.0 Å². The predicted molar refractivity (Wildman–Crippen MR) is 71.0 cm³/mol. The molecule has 1 heteroatoms. The molecule has 0 unspecified atom stereocenters. The first-order valence-electron chi connectivity index (χ1n) is 6.23. The van der Waals surface area contributed by atoms with Crippen LogP contribution in [0.4, 0.5) is 0 Å². The second-order valence-corrected chi connectivity index (χ2v) is 4.84. The van der Waals surface area contributed by atoms with Gasteiger partial charge in [-0.1, -0.05) is 45.4 Å². The summed E-state index contributed by atoms with van der Waals surface area (Å²) in [6, 6.07) is 8.75. The number of rotatable bonds is 3. The Labute approximate surface area is 98.1 Å². The lowest BCUT2D eigenvalue weighted by molar-refractivity contribution is 0.733. The molecule has 1 aromatic carbocycles. The molecule has 0 amide bonds.